The molecule has 4 rings (SSSR count). The van der Waals surface area contributed by atoms with Gasteiger partial charge in [-0.15, -0.1) is 0 Å². The molecule has 0 bridgehead atoms. The van der Waals surface area contributed by atoms with Gasteiger partial charge in [0, 0.05) is 0 Å². The van der Waals surface area contributed by atoms with Crippen LogP contribution >= 0.6 is 0 Å². The number of allylic oxidation sites excluding steroid dienone is 4. The van der Waals surface area contributed by atoms with E-state index in [1.165, 1.54) is 11.1 Å². The van der Waals surface area contributed by atoms with E-state index in [-0.39, 0.29) is 16.8 Å². The number of aliphatic hydroxyl groups is 2. The number of hydrogen-bond acceptors (Lipinski definition) is 2. The van der Waals surface area contributed by atoms with Crippen molar-refractivity contribution in [2.75, 3.05) is 0 Å². The van der Waals surface area contributed by atoms with E-state index in [9.17, 15) is 10.2 Å². The lowest BCUT2D eigenvalue weighted by Gasteiger charge is -2.53. The Bertz CT molecular complexity index is 576. The Labute approximate surface area is 128 Å². The molecule has 4 aliphatic rings. The van der Waals surface area contributed by atoms with Crippen molar-refractivity contribution in [3.63, 3.8) is 0 Å². The molecule has 5 atom stereocenters. The summed E-state index contributed by atoms with van der Waals surface area (Å²) < 4.78 is 0. The van der Waals surface area contributed by atoms with Crippen LogP contribution in [0.2, 0.25) is 5.31 Å². The first-order valence-electron chi connectivity index (χ1n) is 8.21. The minimum atomic E-state index is -0.268. The van der Waals surface area contributed by atoms with Gasteiger partial charge in [-0.3, -0.25) is 0 Å². The van der Waals surface area contributed by atoms with Crippen LogP contribution in [-0.2, 0) is 0 Å². The van der Waals surface area contributed by atoms with E-state index in [0.29, 0.717) is 17.6 Å². The summed E-state index contributed by atoms with van der Waals surface area (Å²) in [6.07, 6.45) is 11.6. The largest absolute Gasteiger partial charge is 0.508 e. The maximum atomic E-state index is 10.1. The highest BCUT2D eigenvalue weighted by atomic mass is 16.3. The zero-order valence-corrected chi connectivity index (χ0v) is 12.7. The molecule has 2 nitrogen and oxygen atoms in total. The standard InChI is InChI=1S/C18H23BO2/c1-17-6-7-18(19)14-5-3-12(20)8-11(14)2-4-15(18)16(17)9-13(21)10-17/h3,5,8,11,13-14,20-21H,2,4,6-7,9-10H2,1H3/t11?,13-,14?,17-,18+/m1/s1. The molecule has 2 N–H and O–H groups in total. The molecule has 0 aromatic carbocycles. The lowest BCUT2D eigenvalue weighted by Crippen LogP contribution is -2.40. The van der Waals surface area contributed by atoms with Gasteiger partial charge < -0.3 is 10.2 Å². The average molecular weight is 282 g/mol. The molecule has 3 heteroatoms. The van der Waals surface area contributed by atoms with Gasteiger partial charge in [0.05, 0.1) is 14.0 Å². The summed E-state index contributed by atoms with van der Waals surface area (Å²) in [5, 5.41) is 19.6. The van der Waals surface area contributed by atoms with Crippen LogP contribution in [-0.4, -0.2) is 24.2 Å². The van der Waals surface area contributed by atoms with Crippen molar-refractivity contribution in [2.24, 2.45) is 17.3 Å². The topological polar surface area (TPSA) is 40.5 Å². The Kier molecular flexibility index (Phi) is 2.79. The Morgan fingerprint density at radius 2 is 2.10 bits per heavy atom. The fourth-order valence-corrected chi connectivity index (χ4v) is 5.46. The molecule has 2 saturated carbocycles. The fraction of sp³-hybridized carbons (Fsp3) is 0.667. The molecule has 0 spiro atoms. The van der Waals surface area contributed by atoms with Gasteiger partial charge >= 0.3 is 0 Å². The van der Waals surface area contributed by atoms with E-state index in [4.69, 9.17) is 7.85 Å². The van der Waals surface area contributed by atoms with Crippen molar-refractivity contribution in [1.29, 1.82) is 0 Å². The van der Waals surface area contributed by atoms with Crippen LogP contribution in [0.5, 0.6) is 0 Å². The van der Waals surface area contributed by atoms with Crippen molar-refractivity contribution < 1.29 is 10.2 Å². The first-order valence-corrected chi connectivity index (χ1v) is 8.21. The van der Waals surface area contributed by atoms with Crippen LogP contribution in [0.15, 0.2) is 35.1 Å². The highest BCUT2D eigenvalue weighted by Crippen LogP contribution is 2.65. The highest BCUT2D eigenvalue weighted by molar-refractivity contribution is 6.18. The van der Waals surface area contributed by atoms with Gasteiger partial charge in [-0.2, -0.15) is 0 Å². The molecule has 110 valence electrons. The van der Waals surface area contributed by atoms with E-state index in [2.05, 4.69) is 13.0 Å². The normalized spacial score (nSPS) is 48.5. The third kappa shape index (κ3) is 1.83. The van der Waals surface area contributed by atoms with Crippen LogP contribution in [0, 0.1) is 17.3 Å². The zero-order valence-electron chi connectivity index (χ0n) is 12.7. The van der Waals surface area contributed by atoms with E-state index >= 15 is 0 Å². The molecule has 0 amide bonds. The first kappa shape index (κ1) is 13.7. The first-order chi connectivity index (χ1) is 9.92. The third-order valence-corrected chi connectivity index (χ3v) is 6.51. The second kappa shape index (κ2) is 4.28. The number of hydrogen-bond donors (Lipinski definition) is 2. The van der Waals surface area contributed by atoms with E-state index in [1.54, 1.807) is 6.08 Å². The Morgan fingerprint density at radius 1 is 1.29 bits per heavy atom. The van der Waals surface area contributed by atoms with Gasteiger partial charge in [0.1, 0.15) is 5.76 Å². The zero-order chi connectivity index (χ0) is 14.8. The molecule has 21 heavy (non-hydrogen) atoms. The van der Waals surface area contributed by atoms with Gasteiger partial charge in [-0.1, -0.05) is 30.6 Å². The predicted octanol–water partition coefficient (Wildman–Crippen LogP) is 3.60. The summed E-state index contributed by atoms with van der Waals surface area (Å²) in [5.74, 6) is 1.04. The van der Waals surface area contributed by atoms with Crippen molar-refractivity contribution in [3.05, 3.63) is 35.1 Å². The van der Waals surface area contributed by atoms with Crippen LogP contribution in [0.4, 0.5) is 0 Å². The highest BCUT2D eigenvalue weighted by Gasteiger charge is 2.52. The maximum absolute atomic E-state index is 10.1. The van der Waals surface area contributed by atoms with Crippen molar-refractivity contribution in [1.82, 2.24) is 0 Å². The summed E-state index contributed by atoms with van der Waals surface area (Å²) in [5.41, 5.74) is 3.05. The molecule has 2 fully saturated rings. The fourth-order valence-electron chi connectivity index (χ4n) is 5.46. The van der Waals surface area contributed by atoms with Gasteiger partial charge in [0.2, 0.25) is 0 Å². The summed E-state index contributed by atoms with van der Waals surface area (Å²) in [7, 11) is 6.92. The molecule has 0 saturated heterocycles. The van der Waals surface area contributed by atoms with E-state index in [1.807, 2.05) is 6.08 Å². The molecule has 0 aromatic heterocycles. The monoisotopic (exact) mass is 282 g/mol. The summed E-state index contributed by atoms with van der Waals surface area (Å²) in [4.78, 5) is 0. The Hall–Kier alpha value is -0.955. The molecular formula is C18H23BO2. The number of rotatable bonds is 0. The maximum Gasteiger partial charge on any atom is 0.111 e. The van der Waals surface area contributed by atoms with Crippen LogP contribution in [0.25, 0.3) is 0 Å². The lowest BCUT2D eigenvalue weighted by atomic mass is 9.43. The Balaban J connectivity index is 1.79. The molecule has 2 unspecified atom stereocenters. The van der Waals surface area contributed by atoms with Gasteiger partial charge in [-0.05, 0) is 66.8 Å². The van der Waals surface area contributed by atoms with E-state index in [0.717, 1.165) is 38.5 Å². The summed E-state index contributed by atoms with van der Waals surface area (Å²) >= 11 is 0. The molecule has 2 radical (unpaired) electrons. The number of aliphatic hydroxyl groups excluding tert-OH is 2. The SMILES string of the molecule is [B][C@]12CC[C@]3(C)C[C@H](O)CC3=C1CCC1C=C(O)C=CC12. The van der Waals surface area contributed by atoms with E-state index < -0.39 is 0 Å². The molecular weight excluding hydrogens is 259 g/mol. The van der Waals surface area contributed by atoms with Crippen molar-refractivity contribution >= 4 is 7.85 Å². The van der Waals surface area contributed by atoms with Crippen LogP contribution in [0.1, 0.15) is 45.4 Å². The van der Waals surface area contributed by atoms with Crippen LogP contribution in [0.3, 0.4) is 0 Å². The van der Waals surface area contributed by atoms with Crippen molar-refractivity contribution in [3.8, 4) is 0 Å². The second-order valence-corrected chi connectivity index (χ2v) is 7.80. The molecule has 4 aliphatic carbocycles. The molecule has 0 heterocycles. The molecule has 0 aliphatic heterocycles. The Morgan fingerprint density at radius 3 is 2.90 bits per heavy atom. The second-order valence-electron chi connectivity index (χ2n) is 7.80. The summed E-state index contributed by atoms with van der Waals surface area (Å²) in [6.45, 7) is 2.31. The third-order valence-electron chi connectivity index (χ3n) is 6.51. The average Bonchev–Trinajstić information content (AvgIpc) is 2.73. The summed E-state index contributed by atoms with van der Waals surface area (Å²) in [6, 6.07) is 0. The van der Waals surface area contributed by atoms with Gasteiger partial charge in [0.25, 0.3) is 0 Å². The van der Waals surface area contributed by atoms with Crippen molar-refractivity contribution in [2.45, 2.75) is 56.9 Å². The predicted molar refractivity (Wildman–Crippen MR) is 84.1 cm³/mol. The minimum Gasteiger partial charge on any atom is -0.508 e. The van der Waals surface area contributed by atoms with Gasteiger partial charge in [0.15, 0.2) is 0 Å². The van der Waals surface area contributed by atoms with Crippen LogP contribution < -0.4 is 0 Å². The quantitative estimate of drug-likeness (QED) is 0.526. The lowest BCUT2D eigenvalue weighted by molar-refractivity contribution is 0.154. The smallest absolute Gasteiger partial charge is 0.111 e. The molecule has 0 aromatic rings. The minimum absolute atomic E-state index is 0.167. The van der Waals surface area contributed by atoms with Gasteiger partial charge in [-0.25, -0.2) is 0 Å². The number of fused-ring (bicyclic) bond motifs is 4.